The van der Waals surface area contributed by atoms with Crippen LogP contribution in [0.2, 0.25) is 0 Å². The van der Waals surface area contributed by atoms with Crippen LogP contribution in [0.5, 0.6) is 0 Å². The molecule has 0 N–H and O–H groups in total. The van der Waals surface area contributed by atoms with Crippen LogP contribution in [0.3, 0.4) is 0 Å². The number of thiophene rings is 1. The number of morpholine rings is 1. The van der Waals surface area contributed by atoms with Crippen LogP contribution in [0.1, 0.15) is 22.2 Å². The zero-order valence-electron chi connectivity index (χ0n) is 12.6. The first kappa shape index (κ1) is 15.4. The number of nitrogens with zero attached hydrogens (tertiary/aromatic N) is 1. The predicted octanol–water partition coefficient (Wildman–Crippen LogP) is 3.05. The number of hydrogen-bond donors (Lipinski definition) is 0. The first-order valence-electron chi connectivity index (χ1n) is 7.21. The molecule has 4 nitrogen and oxygen atoms in total. The Balaban J connectivity index is 2.03. The van der Waals surface area contributed by atoms with Gasteiger partial charge in [-0.2, -0.15) is 0 Å². The number of benzene rings is 1. The van der Waals surface area contributed by atoms with Gasteiger partial charge in [-0.05, 0) is 19.1 Å². The lowest BCUT2D eigenvalue weighted by molar-refractivity contribution is -0.0123. The van der Waals surface area contributed by atoms with Gasteiger partial charge in [0.15, 0.2) is 0 Å². The molecular formula is C16H18FNO3S. The van der Waals surface area contributed by atoms with Gasteiger partial charge in [0.05, 0.1) is 24.2 Å². The van der Waals surface area contributed by atoms with Gasteiger partial charge in [0.2, 0.25) is 0 Å². The van der Waals surface area contributed by atoms with E-state index >= 15 is 0 Å². The highest BCUT2D eigenvalue weighted by Gasteiger charge is 2.27. The van der Waals surface area contributed by atoms with Gasteiger partial charge in [-0.15, -0.1) is 11.3 Å². The summed E-state index contributed by atoms with van der Waals surface area (Å²) in [5.41, 5.74) is 0.643. The molecule has 118 valence electrons. The molecule has 2 heterocycles. The number of carbonyl (C=O) groups is 1. The number of ether oxygens (including phenoxy) is 2. The van der Waals surface area contributed by atoms with Crippen molar-refractivity contribution in [2.75, 3.05) is 26.8 Å². The van der Waals surface area contributed by atoms with Crippen LogP contribution < -0.4 is 0 Å². The van der Waals surface area contributed by atoms with Gasteiger partial charge in [0, 0.05) is 35.8 Å². The molecule has 1 aliphatic rings. The minimum absolute atomic E-state index is 0.0229. The quantitative estimate of drug-likeness (QED) is 0.871. The van der Waals surface area contributed by atoms with Crippen molar-refractivity contribution in [2.45, 2.75) is 19.6 Å². The zero-order chi connectivity index (χ0) is 15.7. The summed E-state index contributed by atoms with van der Waals surface area (Å²) < 4.78 is 25.6. The average molecular weight is 323 g/mol. The molecule has 3 rings (SSSR count). The van der Waals surface area contributed by atoms with E-state index in [0.29, 0.717) is 35.5 Å². The largest absolute Gasteiger partial charge is 0.380 e. The Hall–Kier alpha value is -1.50. The second kappa shape index (κ2) is 6.32. The van der Waals surface area contributed by atoms with Crippen LogP contribution in [0, 0.1) is 5.82 Å². The molecule has 0 aliphatic carbocycles. The molecule has 22 heavy (non-hydrogen) atoms. The monoisotopic (exact) mass is 323 g/mol. The van der Waals surface area contributed by atoms with E-state index in [1.54, 1.807) is 18.1 Å². The molecular weight excluding hydrogens is 305 g/mol. The Kier molecular flexibility index (Phi) is 4.42. The maximum absolute atomic E-state index is 14.2. The molecule has 1 aromatic heterocycles. The molecule has 0 bridgehead atoms. The molecule has 1 saturated heterocycles. The summed E-state index contributed by atoms with van der Waals surface area (Å²) in [6.45, 7) is 3.82. The Morgan fingerprint density at radius 1 is 1.55 bits per heavy atom. The topological polar surface area (TPSA) is 38.8 Å². The SMILES string of the molecule is COCc1c(C(=O)N2CCOC(C)C2)sc2cccc(F)c12. The Morgan fingerprint density at radius 3 is 3.09 bits per heavy atom. The minimum Gasteiger partial charge on any atom is -0.380 e. The molecule has 6 heteroatoms. The molecule has 1 unspecified atom stereocenters. The molecule has 1 fully saturated rings. The molecule has 0 radical (unpaired) electrons. The molecule has 0 spiro atoms. The van der Waals surface area contributed by atoms with Crippen LogP contribution in [0.25, 0.3) is 10.1 Å². The van der Waals surface area contributed by atoms with E-state index in [1.165, 1.54) is 17.4 Å². The number of fused-ring (bicyclic) bond motifs is 1. The fourth-order valence-electron chi connectivity index (χ4n) is 2.77. The van der Waals surface area contributed by atoms with E-state index in [2.05, 4.69) is 0 Å². The highest BCUT2D eigenvalue weighted by molar-refractivity contribution is 7.21. The lowest BCUT2D eigenvalue weighted by atomic mass is 10.1. The van der Waals surface area contributed by atoms with Crippen molar-refractivity contribution in [3.63, 3.8) is 0 Å². The summed E-state index contributed by atoms with van der Waals surface area (Å²) in [5, 5.41) is 0.499. The summed E-state index contributed by atoms with van der Waals surface area (Å²) in [6.07, 6.45) is 0.0229. The fourth-order valence-corrected chi connectivity index (χ4v) is 3.96. The van der Waals surface area contributed by atoms with E-state index in [9.17, 15) is 9.18 Å². The van der Waals surface area contributed by atoms with Gasteiger partial charge in [0.1, 0.15) is 5.82 Å². The van der Waals surface area contributed by atoms with E-state index in [4.69, 9.17) is 9.47 Å². The molecule has 0 saturated carbocycles. The number of halogens is 1. The summed E-state index contributed by atoms with van der Waals surface area (Å²) in [5.74, 6) is -0.377. The predicted molar refractivity (Wildman–Crippen MR) is 83.8 cm³/mol. The van der Waals surface area contributed by atoms with Gasteiger partial charge in [-0.25, -0.2) is 4.39 Å². The first-order chi connectivity index (χ1) is 10.6. The molecule has 2 aromatic rings. The number of hydrogen-bond acceptors (Lipinski definition) is 4. The third kappa shape index (κ3) is 2.74. The zero-order valence-corrected chi connectivity index (χ0v) is 13.4. The van der Waals surface area contributed by atoms with Crippen molar-refractivity contribution in [1.82, 2.24) is 4.90 Å². The smallest absolute Gasteiger partial charge is 0.264 e. The van der Waals surface area contributed by atoms with Gasteiger partial charge >= 0.3 is 0 Å². The third-order valence-corrected chi connectivity index (χ3v) is 4.96. The number of carbonyl (C=O) groups excluding carboxylic acids is 1. The van der Waals surface area contributed by atoms with Crippen LogP contribution in [-0.2, 0) is 16.1 Å². The summed E-state index contributed by atoms with van der Waals surface area (Å²) in [7, 11) is 1.55. The lowest BCUT2D eigenvalue weighted by Gasteiger charge is -2.31. The summed E-state index contributed by atoms with van der Waals surface area (Å²) in [6, 6.07) is 4.91. The lowest BCUT2D eigenvalue weighted by Crippen LogP contribution is -2.44. The Bertz CT molecular complexity index is 700. The summed E-state index contributed by atoms with van der Waals surface area (Å²) in [4.78, 5) is 15.2. The minimum atomic E-state index is -0.310. The van der Waals surface area contributed by atoms with Crippen molar-refractivity contribution in [3.05, 3.63) is 34.5 Å². The first-order valence-corrected chi connectivity index (χ1v) is 8.03. The van der Waals surface area contributed by atoms with E-state index in [-0.39, 0.29) is 24.4 Å². The van der Waals surface area contributed by atoms with Crippen molar-refractivity contribution in [2.24, 2.45) is 0 Å². The molecule has 1 aliphatic heterocycles. The standard InChI is InChI=1S/C16H18FNO3S/c1-10-8-18(6-7-21-10)16(19)15-11(9-20-2)14-12(17)4-3-5-13(14)22-15/h3-5,10H,6-9H2,1-2H3. The number of rotatable bonds is 3. The molecule has 1 amide bonds. The maximum atomic E-state index is 14.2. The molecule has 1 aromatic carbocycles. The highest BCUT2D eigenvalue weighted by atomic mass is 32.1. The normalized spacial score (nSPS) is 18.9. The second-order valence-corrected chi connectivity index (χ2v) is 6.44. The van der Waals surface area contributed by atoms with Crippen LogP contribution in [0.15, 0.2) is 18.2 Å². The van der Waals surface area contributed by atoms with Crippen molar-refractivity contribution >= 4 is 27.3 Å². The highest BCUT2D eigenvalue weighted by Crippen LogP contribution is 2.34. The second-order valence-electron chi connectivity index (χ2n) is 5.39. The van der Waals surface area contributed by atoms with Crippen LogP contribution in [0.4, 0.5) is 4.39 Å². The maximum Gasteiger partial charge on any atom is 0.264 e. The third-order valence-electron chi connectivity index (χ3n) is 3.77. The van der Waals surface area contributed by atoms with Crippen LogP contribution in [-0.4, -0.2) is 43.7 Å². The van der Waals surface area contributed by atoms with Gasteiger partial charge in [-0.3, -0.25) is 4.79 Å². The average Bonchev–Trinajstić information content (AvgIpc) is 2.87. The Morgan fingerprint density at radius 2 is 2.36 bits per heavy atom. The van der Waals surface area contributed by atoms with E-state index in [0.717, 1.165) is 4.70 Å². The Labute approximate surface area is 132 Å². The number of amides is 1. The summed E-state index contributed by atoms with van der Waals surface area (Å²) >= 11 is 1.33. The van der Waals surface area contributed by atoms with Crippen molar-refractivity contribution in [1.29, 1.82) is 0 Å². The van der Waals surface area contributed by atoms with Crippen LogP contribution >= 0.6 is 11.3 Å². The van der Waals surface area contributed by atoms with Crippen molar-refractivity contribution in [3.8, 4) is 0 Å². The van der Waals surface area contributed by atoms with E-state index < -0.39 is 0 Å². The molecule has 1 atom stereocenters. The fraction of sp³-hybridized carbons (Fsp3) is 0.438. The van der Waals surface area contributed by atoms with Crippen molar-refractivity contribution < 1.29 is 18.7 Å². The van der Waals surface area contributed by atoms with Gasteiger partial charge < -0.3 is 14.4 Å². The van der Waals surface area contributed by atoms with E-state index in [1.807, 2.05) is 13.0 Å². The van der Waals surface area contributed by atoms with Gasteiger partial charge in [0.25, 0.3) is 5.91 Å². The van der Waals surface area contributed by atoms with Gasteiger partial charge in [-0.1, -0.05) is 6.07 Å². The number of methoxy groups -OCH3 is 1.